The van der Waals surface area contributed by atoms with Crippen LogP contribution in [0.3, 0.4) is 0 Å². The summed E-state index contributed by atoms with van der Waals surface area (Å²) < 4.78 is 42.0. The second-order valence-electron chi connectivity index (χ2n) is 22.7. The number of primary amides is 1. The maximum Gasteiger partial charge on any atom is 0.410 e. The fourth-order valence-electron chi connectivity index (χ4n) is 10.2. The molecule has 0 aliphatic carbocycles. The van der Waals surface area contributed by atoms with Crippen LogP contribution < -0.4 is 15.5 Å². The molecule has 8 heterocycles. The summed E-state index contributed by atoms with van der Waals surface area (Å²) in [6, 6.07) is 20.6. The number of rotatable bonds is 14. The molecular formula is C60H69F2N11O7S2. The monoisotopic (exact) mass is 1160 g/mol. The first kappa shape index (κ1) is 58.7. The van der Waals surface area contributed by atoms with Crippen molar-refractivity contribution in [2.75, 3.05) is 50.1 Å². The molecule has 3 amide bonds. The zero-order valence-electron chi connectivity index (χ0n) is 47.4. The molecule has 432 valence electrons. The lowest BCUT2D eigenvalue weighted by molar-refractivity contribution is -0.137. The van der Waals surface area contributed by atoms with E-state index in [2.05, 4.69) is 24.5 Å². The number of nitrogens with zero attached hydrogens (tertiary/aromatic N) is 10. The second-order valence-corrected chi connectivity index (χ2v) is 24.3. The van der Waals surface area contributed by atoms with Crippen LogP contribution >= 0.6 is 22.7 Å². The number of carbonyl (C=O) groups excluding carboxylic acids is 3. The van der Waals surface area contributed by atoms with E-state index in [1.165, 1.54) is 46.9 Å². The Hall–Kier alpha value is -7.98. The Morgan fingerprint density at radius 2 is 0.976 bits per heavy atom. The summed E-state index contributed by atoms with van der Waals surface area (Å²) in [4.78, 5) is 74.8. The Kier molecular flexibility index (Phi) is 17.6. The van der Waals surface area contributed by atoms with Crippen LogP contribution in [0.2, 0.25) is 0 Å². The number of carboxylic acid groups (broad SMARTS) is 1. The molecule has 8 aromatic rings. The smallest absolute Gasteiger partial charge is 0.410 e. The van der Waals surface area contributed by atoms with Gasteiger partial charge in [0.1, 0.15) is 45.8 Å². The quantitative estimate of drug-likeness (QED) is 0.104. The molecule has 0 saturated carbocycles. The van der Waals surface area contributed by atoms with Crippen molar-refractivity contribution in [1.29, 1.82) is 0 Å². The van der Waals surface area contributed by atoms with Gasteiger partial charge in [-0.05, 0) is 151 Å². The minimum Gasteiger partial charge on any atom is -0.481 e. The van der Waals surface area contributed by atoms with E-state index >= 15 is 0 Å². The number of aryl methyl sites for hydroxylation is 2. The standard InChI is InChI=1S/C30H35FN6O3S.C30H34FN5O4S/c1-30(2,3)40-29(39)36-15-13-19(14-16-36)21-7-12-26-33-23(10-11-25(32)38)27(37(26)17-21)35(4)28-34-24(18-41-28)20-5-8-22(31)9-6-20;1-30(2,3)40-29(39)35-15-13-19(14-16-35)21-7-11-25-32-23(10-12-26(37)38)27(36(25)17-21)34(4)28-33-24(18-41-28)20-5-8-22(31)9-6-20/h5-9,12,17-19H,10-11,13-16H2,1-4H3,(H2,32,38);5-9,11,17-19H,10,12-16H2,1-4H3,(H,37,38). The first-order chi connectivity index (χ1) is 39.0. The van der Waals surface area contributed by atoms with Gasteiger partial charge in [0.25, 0.3) is 0 Å². The molecule has 2 aromatic carbocycles. The van der Waals surface area contributed by atoms with Crippen molar-refractivity contribution < 1.29 is 42.5 Å². The number of benzene rings is 2. The number of carbonyl (C=O) groups is 4. The van der Waals surface area contributed by atoms with E-state index in [0.717, 1.165) is 93.1 Å². The molecule has 3 N–H and O–H groups in total. The lowest BCUT2D eigenvalue weighted by Crippen LogP contribution is -2.41. The maximum atomic E-state index is 13.4. The summed E-state index contributed by atoms with van der Waals surface area (Å²) in [5.41, 5.74) is 12.7. The number of carboxylic acids is 1. The van der Waals surface area contributed by atoms with Gasteiger partial charge in [-0.3, -0.25) is 18.4 Å². The van der Waals surface area contributed by atoms with Gasteiger partial charge in [0.05, 0.1) is 29.2 Å². The number of nitrogens with two attached hydrogens (primary N) is 1. The van der Waals surface area contributed by atoms with Crippen molar-refractivity contribution in [2.24, 2.45) is 5.73 Å². The number of pyridine rings is 2. The topological polar surface area (TPSA) is 206 Å². The Balaban J connectivity index is 0.000000198. The van der Waals surface area contributed by atoms with Crippen molar-refractivity contribution in [3.63, 3.8) is 0 Å². The summed E-state index contributed by atoms with van der Waals surface area (Å²) in [7, 11) is 3.82. The van der Waals surface area contributed by atoms with Crippen molar-refractivity contribution >= 4 is 79.9 Å². The summed E-state index contributed by atoms with van der Waals surface area (Å²) in [6.07, 6.45) is 7.70. The molecule has 0 radical (unpaired) electrons. The highest BCUT2D eigenvalue weighted by atomic mass is 32.1. The summed E-state index contributed by atoms with van der Waals surface area (Å²) >= 11 is 2.92. The Labute approximate surface area is 483 Å². The van der Waals surface area contributed by atoms with Crippen molar-refractivity contribution in [3.8, 4) is 22.5 Å². The third-order valence-corrected chi connectivity index (χ3v) is 16.1. The largest absolute Gasteiger partial charge is 0.481 e. The lowest BCUT2D eigenvalue weighted by atomic mass is 9.90. The van der Waals surface area contributed by atoms with Gasteiger partial charge < -0.3 is 39.9 Å². The average molecular weight is 1160 g/mol. The number of hydrogen-bond acceptors (Lipinski definition) is 14. The summed E-state index contributed by atoms with van der Waals surface area (Å²) in [5, 5.41) is 14.7. The summed E-state index contributed by atoms with van der Waals surface area (Å²) in [6.45, 7) is 13.7. The maximum absolute atomic E-state index is 13.4. The van der Waals surface area contributed by atoms with E-state index < -0.39 is 17.2 Å². The van der Waals surface area contributed by atoms with E-state index in [-0.39, 0.29) is 60.8 Å². The molecule has 10 rings (SSSR count). The average Bonchev–Trinajstić information content (AvgIpc) is 4.48. The third kappa shape index (κ3) is 14.2. The number of piperidine rings is 2. The molecule has 22 heteroatoms. The fraction of sp³-hybridized carbons (Fsp3) is 0.400. The van der Waals surface area contributed by atoms with Gasteiger partial charge in [-0.25, -0.2) is 38.3 Å². The zero-order chi connectivity index (χ0) is 58.6. The first-order valence-corrected chi connectivity index (χ1v) is 29.1. The predicted octanol–water partition coefficient (Wildman–Crippen LogP) is 12.4. The Morgan fingerprint density at radius 1 is 0.598 bits per heavy atom. The molecule has 2 saturated heterocycles. The van der Waals surface area contributed by atoms with Gasteiger partial charge in [0.2, 0.25) is 5.91 Å². The highest BCUT2D eigenvalue weighted by Gasteiger charge is 2.31. The number of fused-ring (bicyclic) bond motifs is 2. The van der Waals surface area contributed by atoms with Crippen molar-refractivity contribution in [1.82, 2.24) is 38.5 Å². The van der Waals surface area contributed by atoms with Crippen LogP contribution in [0.25, 0.3) is 33.8 Å². The highest BCUT2D eigenvalue weighted by Crippen LogP contribution is 2.38. The van der Waals surface area contributed by atoms with Crippen LogP contribution in [0.15, 0.2) is 96.0 Å². The Bertz CT molecular complexity index is 3340. The van der Waals surface area contributed by atoms with Crippen molar-refractivity contribution in [2.45, 2.75) is 116 Å². The molecule has 0 atom stereocenters. The van der Waals surface area contributed by atoms with E-state index in [9.17, 15) is 33.1 Å². The number of thiazole rings is 2. The van der Waals surface area contributed by atoms with Crippen LogP contribution in [-0.4, -0.2) is 119 Å². The van der Waals surface area contributed by atoms with E-state index in [1.54, 1.807) is 34.1 Å². The molecule has 2 aliphatic heterocycles. The number of halogens is 2. The fourth-order valence-corrected chi connectivity index (χ4v) is 11.8. The molecule has 82 heavy (non-hydrogen) atoms. The van der Waals surface area contributed by atoms with Gasteiger partial charge in [0.15, 0.2) is 10.3 Å². The minimum absolute atomic E-state index is 0.0423. The van der Waals surface area contributed by atoms with E-state index in [4.69, 9.17) is 35.1 Å². The van der Waals surface area contributed by atoms with Crippen LogP contribution in [-0.2, 0) is 31.9 Å². The van der Waals surface area contributed by atoms with Crippen LogP contribution in [0.1, 0.15) is 114 Å². The van der Waals surface area contributed by atoms with Gasteiger partial charge in [-0.1, -0.05) is 12.1 Å². The number of likely N-dealkylation sites (tertiary alicyclic amines) is 2. The third-order valence-electron chi connectivity index (χ3n) is 14.3. The number of anilines is 4. The van der Waals surface area contributed by atoms with Gasteiger partial charge >= 0.3 is 18.2 Å². The molecule has 2 aliphatic rings. The molecule has 6 aromatic heterocycles. The highest BCUT2D eigenvalue weighted by molar-refractivity contribution is 7.14. The predicted molar refractivity (Wildman–Crippen MR) is 315 cm³/mol. The molecule has 0 bridgehead atoms. The number of ether oxygens (including phenoxy) is 2. The lowest BCUT2D eigenvalue weighted by Gasteiger charge is -2.33. The van der Waals surface area contributed by atoms with Crippen molar-refractivity contribution in [3.05, 3.63) is 130 Å². The summed E-state index contributed by atoms with van der Waals surface area (Å²) in [5.74, 6) is 0.230. The second kappa shape index (κ2) is 24.6. The van der Waals surface area contributed by atoms with Gasteiger partial charge in [0, 0.05) is 93.8 Å². The number of aliphatic carboxylic acids is 1. The number of imidazole rings is 2. The molecular weight excluding hydrogens is 1090 g/mol. The molecule has 0 unspecified atom stereocenters. The van der Waals surface area contributed by atoms with Crippen LogP contribution in [0.5, 0.6) is 0 Å². The minimum atomic E-state index is -0.888. The molecule has 18 nitrogen and oxygen atoms in total. The van der Waals surface area contributed by atoms with Gasteiger partial charge in [-0.2, -0.15) is 0 Å². The number of amides is 3. The van der Waals surface area contributed by atoms with Crippen LogP contribution in [0.4, 0.5) is 40.3 Å². The number of aromatic nitrogens is 6. The molecule has 0 spiro atoms. The van der Waals surface area contributed by atoms with Gasteiger partial charge in [-0.15, -0.1) is 22.7 Å². The Morgan fingerprint density at radius 3 is 1.33 bits per heavy atom. The van der Waals surface area contributed by atoms with Crippen LogP contribution in [0, 0.1) is 11.6 Å². The van der Waals surface area contributed by atoms with E-state index in [0.29, 0.717) is 43.4 Å². The first-order valence-electron chi connectivity index (χ1n) is 27.3. The molecule has 2 fully saturated rings. The van der Waals surface area contributed by atoms with E-state index in [1.807, 2.05) is 97.1 Å². The SMILES string of the molecule is CN(c1nc(-c2ccc(F)cc2)cs1)c1c(CCC(=O)O)nc2ccc(C3CCN(C(=O)OC(C)(C)C)CC3)cn12.CN(c1nc(-c2ccc(F)cc2)cs1)c1c(CCC(N)=O)nc2ccc(C3CCN(C(=O)OC(C)(C)C)CC3)cn12. The normalized spacial score (nSPS) is 14.4. The number of hydrogen-bond donors (Lipinski definition) is 2. The zero-order valence-corrected chi connectivity index (χ0v) is 49.0.